The van der Waals surface area contributed by atoms with Crippen LogP contribution in [0, 0.1) is 0 Å². The normalized spacial score (nSPS) is 18.9. The van der Waals surface area contributed by atoms with E-state index in [-0.39, 0.29) is 11.9 Å². The monoisotopic (exact) mass is 297 g/mol. The number of ether oxygens (including phenoxy) is 1. The van der Waals surface area contributed by atoms with Crippen LogP contribution in [0.5, 0.6) is 0 Å². The maximum absolute atomic E-state index is 12.6. The zero-order valence-electron chi connectivity index (χ0n) is 11.9. The molecule has 0 aromatic carbocycles. The Bertz CT molecular complexity index is 481. The van der Waals surface area contributed by atoms with E-state index in [1.807, 2.05) is 11.8 Å². The minimum atomic E-state index is -0.0106. The summed E-state index contributed by atoms with van der Waals surface area (Å²) in [4.78, 5) is 18.6. The number of hydrogen-bond acceptors (Lipinski definition) is 4. The molecule has 2 heterocycles. The van der Waals surface area contributed by atoms with Crippen LogP contribution in [0.3, 0.4) is 0 Å². The van der Waals surface area contributed by atoms with Crippen LogP contribution in [0.1, 0.15) is 30.6 Å². The largest absolute Gasteiger partial charge is 0.377 e. The highest BCUT2D eigenvalue weighted by Crippen LogP contribution is 2.19. The number of carbonyl (C=O) groups excluding carboxylic acids is 1. The van der Waals surface area contributed by atoms with E-state index in [2.05, 4.69) is 17.2 Å². The Morgan fingerprint density at radius 2 is 2.35 bits per heavy atom. The Labute approximate surface area is 124 Å². The van der Waals surface area contributed by atoms with Gasteiger partial charge in [0.1, 0.15) is 11.0 Å². The molecule has 1 N–H and O–H groups in total. The number of rotatable bonds is 4. The fourth-order valence-corrected chi connectivity index (χ4v) is 2.53. The Morgan fingerprint density at radius 3 is 3.05 bits per heavy atom. The first kappa shape index (κ1) is 15.1. The zero-order chi connectivity index (χ0) is 14.5. The van der Waals surface area contributed by atoms with Gasteiger partial charge in [-0.1, -0.05) is 18.5 Å². The molecule has 0 aliphatic carbocycles. The number of pyridine rings is 1. The van der Waals surface area contributed by atoms with Gasteiger partial charge in [-0.2, -0.15) is 0 Å². The molecule has 1 atom stereocenters. The van der Waals surface area contributed by atoms with Crippen molar-refractivity contribution in [3.63, 3.8) is 0 Å². The van der Waals surface area contributed by atoms with Gasteiger partial charge >= 0.3 is 0 Å². The SMILES string of the molecule is CCNc1cc(C(=O)N2CCOCC2CC)cc(Cl)n1. The average Bonchev–Trinajstić information content (AvgIpc) is 2.46. The van der Waals surface area contributed by atoms with E-state index in [4.69, 9.17) is 16.3 Å². The number of aromatic nitrogens is 1. The fourth-order valence-electron chi connectivity index (χ4n) is 2.32. The van der Waals surface area contributed by atoms with Crippen molar-refractivity contribution in [3.8, 4) is 0 Å². The lowest BCUT2D eigenvalue weighted by Crippen LogP contribution is -2.48. The van der Waals surface area contributed by atoms with Crippen molar-refractivity contribution < 1.29 is 9.53 Å². The van der Waals surface area contributed by atoms with Crippen LogP contribution >= 0.6 is 11.6 Å². The third kappa shape index (κ3) is 3.41. The summed E-state index contributed by atoms with van der Waals surface area (Å²) in [7, 11) is 0. The molecule has 1 aliphatic heterocycles. The Morgan fingerprint density at radius 1 is 1.55 bits per heavy atom. The molecule has 0 radical (unpaired) electrons. The van der Waals surface area contributed by atoms with E-state index in [9.17, 15) is 4.79 Å². The summed E-state index contributed by atoms with van der Waals surface area (Å²) >= 11 is 5.99. The lowest BCUT2D eigenvalue weighted by Gasteiger charge is -2.35. The molecule has 20 heavy (non-hydrogen) atoms. The second kappa shape index (κ2) is 6.90. The molecule has 110 valence electrons. The molecule has 1 aliphatic rings. The number of morpholine rings is 1. The minimum Gasteiger partial charge on any atom is -0.377 e. The van der Waals surface area contributed by atoms with Gasteiger partial charge in [-0.3, -0.25) is 4.79 Å². The van der Waals surface area contributed by atoms with Gasteiger partial charge in [0.2, 0.25) is 0 Å². The molecule has 1 amide bonds. The number of anilines is 1. The quantitative estimate of drug-likeness (QED) is 0.867. The van der Waals surface area contributed by atoms with Crippen molar-refractivity contribution in [1.82, 2.24) is 9.88 Å². The molecule has 2 rings (SSSR count). The predicted molar refractivity (Wildman–Crippen MR) is 79.3 cm³/mol. The molecule has 0 bridgehead atoms. The van der Waals surface area contributed by atoms with Crippen LogP contribution in [-0.4, -0.2) is 48.1 Å². The summed E-state index contributed by atoms with van der Waals surface area (Å²) in [6.07, 6.45) is 0.880. The van der Waals surface area contributed by atoms with E-state index in [0.717, 1.165) is 13.0 Å². The second-order valence-electron chi connectivity index (χ2n) is 4.73. The van der Waals surface area contributed by atoms with Gasteiger partial charge in [0.05, 0.1) is 19.3 Å². The highest BCUT2D eigenvalue weighted by atomic mass is 35.5. The van der Waals surface area contributed by atoms with E-state index in [0.29, 0.717) is 36.3 Å². The Balaban J connectivity index is 2.23. The number of carbonyl (C=O) groups is 1. The van der Waals surface area contributed by atoms with Crippen LogP contribution < -0.4 is 5.32 Å². The van der Waals surface area contributed by atoms with Crippen molar-refractivity contribution in [2.45, 2.75) is 26.3 Å². The molecule has 1 aromatic heterocycles. The smallest absolute Gasteiger partial charge is 0.254 e. The van der Waals surface area contributed by atoms with Crippen molar-refractivity contribution in [3.05, 3.63) is 22.8 Å². The predicted octanol–water partition coefficient (Wildman–Crippen LogP) is 2.42. The highest BCUT2D eigenvalue weighted by molar-refractivity contribution is 6.29. The van der Waals surface area contributed by atoms with E-state index < -0.39 is 0 Å². The van der Waals surface area contributed by atoms with Crippen molar-refractivity contribution in [2.24, 2.45) is 0 Å². The topological polar surface area (TPSA) is 54.5 Å². The minimum absolute atomic E-state index is 0.0106. The first-order valence-electron chi connectivity index (χ1n) is 6.95. The third-order valence-electron chi connectivity index (χ3n) is 3.36. The number of nitrogens with zero attached hydrogens (tertiary/aromatic N) is 2. The van der Waals surface area contributed by atoms with Gasteiger partial charge in [-0.05, 0) is 25.5 Å². The van der Waals surface area contributed by atoms with Crippen molar-refractivity contribution in [2.75, 3.05) is 31.6 Å². The summed E-state index contributed by atoms with van der Waals surface area (Å²) in [6, 6.07) is 3.50. The molecule has 0 saturated carbocycles. The van der Waals surface area contributed by atoms with E-state index in [1.54, 1.807) is 12.1 Å². The third-order valence-corrected chi connectivity index (χ3v) is 3.55. The summed E-state index contributed by atoms with van der Waals surface area (Å²) in [5.41, 5.74) is 0.571. The van der Waals surface area contributed by atoms with E-state index >= 15 is 0 Å². The fraction of sp³-hybridized carbons (Fsp3) is 0.571. The van der Waals surface area contributed by atoms with Gasteiger partial charge in [0.15, 0.2) is 0 Å². The number of halogens is 1. The Kier molecular flexibility index (Phi) is 5.20. The van der Waals surface area contributed by atoms with Gasteiger partial charge in [0, 0.05) is 18.7 Å². The molecular weight excluding hydrogens is 278 g/mol. The Hall–Kier alpha value is -1.33. The molecule has 0 spiro atoms. The van der Waals surface area contributed by atoms with Crippen LogP contribution in [0.15, 0.2) is 12.1 Å². The first-order chi connectivity index (χ1) is 9.65. The van der Waals surface area contributed by atoms with Crippen molar-refractivity contribution >= 4 is 23.3 Å². The number of amides is 1. The summed E-state index contributed by atoms with van der Waals surface area (Å²) in [6.45, 7) is 6.56. The molecule has 5 nitrogen and oxygen atoms in total. The second-order valence-corrected chi connectivity index (χ2v) is 5.12. The lowest BCUT2D eigenvalue weighted by molar-refractivity contribution is -0.00279. The van der Waals surface area contributed by atoms with Crippen molar-refractivity contribution in [1.29, 1.82) is 0 Å². The maximum Gasteiger partial charge on any atom is 0.254 e. The molecule has 1 unspecified atom stereocenters. The van der Waals surface area contributed by atoms with Crippen LogP contribution in [0.25, 0.3) is 0 Å². The van der Waals surface area contributed by atoms with Gasteiger partial charge in [0.25, 0.3) is 5.91 Å². The molecule has 6 heteroatoms. The standard InChI is InChI=1S/C14H20ClN3O2/c1-3-11-9-20-6-5-18(11)14(19)10-7-12(15)17-13(8-10)16-4-2/h7-8,11H,3-6,9H2,1-2H3,(H,16,17). The van der Waals surface area contributed by atoms with Gasteiger partial charge in [-0.25, -0.2) is 4.98 Å². The molecule has 1 fully saturated rings. The summed E-state index contributed by atoms with van der Waals surface area (Å²) < 4.78 is 5.43. The number of nitrogens with one attached hydrogen (secondary N) is 1. The van der Waals surface area contributed by atoms with Crippen LogP contribution in [0.4, 0.5) is 5.82 Å². The first-order valence-corrected chi connectivity index (χ1v) is 7.33. The summed E-state index contributed by atoms with van der Waals surface area (Å²) in [5.74, 6) is 0.619. The molecular formula is C14H20ClN3O2. The summed E-state index contributed by atoms with van der Waals surface area (Å²) in [5, 5.41) is 3.41. The zero-order valence-corrected chi connectivity index (χ0v) is 12.6. The molecule has 1 saturated heterocycles. The van der Waals surface area contributed by atoms with Gasteiger partial charge in [-0.15, -0.1) is 0 Å². The maximum atomic E-state index is 12.6. The lowest BCUT2D eigenvalue weighted by atomic mass is 10.1. The average molecular weight is 298 g/mol. The number of hydrogen-bond donors (Lipinski definition) is 1. The van der Waals surface area contributed by atoms with Crippen LogP contribution in [-0.2, 0) is 4.74 Å². The highest BCUT2D eigenvalue weighted by Gasteiger charge is 2.27. The van der Waals surface area contributed by atoms with Gasteiger partial charge < -0.3 is 15.0 Å². The van der Waals surface area contributed by atoms with E-state index in [1.165, 1.54) is 0 Å². The molecule has 1 aromatic rings. The van der Waals surface area contributed by atoms with Crippen LogP contribution in [0.2, 0.25) is 5.15 Å².